The maximum absolute atomic E-state index is 12.0. The number of carbonyl (C=O) groups is 2. The molecule has 2 heterocycles. The number of aliphatic carboxylic acids is 1. The van der Waals surface area contributed by atoms with Crippen molar-refractivity contribution >= 4 is 41.4 Å². The SMILES string of the molecule is O=C(O)C1CCCN1C(=O)C1CCCN1.[NaH]. The van der Waals surface area contributed by atoms with Gasteiger partial charge < -0.3 is 15.3 Å². The van der Waals surface area contributed by atoms with E-state index in [0.717, 1.165) is 25.8 Å². The van der Waals surface area contributed by atoms with E-state index in [1.807, 2.05) is 0 Å². The molecule has 2 N–H and O–H groups in total. The first-order valence-corrected chi connectivity index (χ1v) is 5.47. The van der Waals surface area contributed by atoms with E-state index in [1.54, 1.807) is 0 Å². The fraction of sp³-hybridized carbons (Fsp3) is 0.800. The molecule has 0 aliphatic carbocycles. The van der Waals surface area contributed by atoms with E-state index in [9.17, 15) is 9.59 Å². The molecule has 2 aliphatic rings. The van der Waals surface area contributed by atoms with Gasteiger partial charge in [-0.3, -0.25) is 4.79 Å². The van der Waals surface area contributed by atoms with Crippen LogP contribution in [0.1, 0.15) is 25.7 Å². The summed E-state index contributed by atoms with van der Waals surface area (Å²) in [6, 6.07) is -0.746. The molecule has 2 unspecified atom stereocenters. The number of carboxylic acid groups (broad SMARTS) is 1. The number of hydrogen-bond donors (Lipinski definition) is 2. The van der Waals surface area contributed by atoms with E-state index in [-0.39, 0.29) is 41.5 Å². The third kappa shape index (κ3) is 2.77. The average molecular weight is 236 g/mol. The van der Waals surface area contributed by atoms with Crippen LogP contribution in [0, 0.1) is 0 Å². The first-order valence-electron chi connectivity index (χ1n) is 5.47. The Morgan fingerprint density at radius 1 is 1.25 bits per heavy atom. The van der Waals surface area contributed by atoms with Crippen LogP contribution in [0.2, 0.25) is 0 Å². The van der Waals surface area contributed by atoms with Crippen molar-refractivity contribution in [1.29, 1.82) is 0 Å². The van der Waals surface area contributed by atoms with Crippen molar-refractivity contribution in [2.45, 2.75) is 37.8 Å². The van der Waals surface area contributed by atoms with Gasteiger partial charge in [0.25, 0.3) is 0 Å². The van der Waals surface area contributed by atoms with Crippen molar-refractivity contribution < 1.29 is 14.7 Å². The quantitative estimate of drug-likeness (QED) is 0.614. The zero-order chi connectivity index (χ0) is 10.8. The molecule has 0 spiro atoms. The van der Waals surface area contributed by atoms with Crippen LogP contribution in [0.3, 0.4) is 0 Å². The zero-order valence-electron chi connectivity index (χ0n) is 8.61. The second-order valence-electron chi connectivity index (χ2n) is 4.18. The zero-order valence-corrected chi connectivity index (χ0v) is 8.61. The van der Waals surface area contributed by atoms with Crippen LogP contribution in [0.15, 0.2) is 0 Å². The summed E-state index contributed by atoms with van der Waals surface area (Å²) in [5.41, 5.74) is 0. The fourth-order valence-electron chi connectivity index (χ4n) is 2.38. The van der Waals surface area contributed by atoms with Gasteiger partial charge in [0.1, 0.15) is 6.04 Å². The van der Waals surface area contributed by atoms with E-state index >= 15 is 0 Å². The van der Waals surface area contributed by atoms with Crippen molar-refractivity contribution in [3.63, 3.8) is 0 Å². The third-order valence-electron chi connectivity index (χ3n) is 3.18. The normalized spacial score (nSPS) is 28.9. The molecule has 2 aliphatic heterocycles. The van der Waals surface area contributed by atoms with E-state index in [2.05, 4.69) is 5.32 Å². The van der Waals surface area contributed by atoms with Crippen LogP contribution in [0.4, 0.5) is 0 Å². The molecular weight excluding hydrogens is 219 g/mol. The second kappa shape index (κ2) is 6.00. The van der Waals surface area contributed by atoms with Gasteiger partial charge in [0.15, 0.2) is 0 Å². The van der Waals surface area contributed by atoms with Gasteiger partial charge in [-0.15, -0.1) is 0 Å². The number of amides is 1. The average Bonchev–Trinajstić information content (AvgIpc) is 2.88. The van der Waals surface area contributed by atoms with Crippen molar-refractivity contribution in [3.8, 4) is 0 Å². The Kier molecular flexibility index (Phi) is 5.24. The predicted molar refractivity (Wildman–Crippen MR) is 60.5 cm³/mol. The Labute approximate surface area is 117 Å². The van der Waals surface area contributed by atoms with Crippen LogP contribution in [-0.4, -0.2) is 76.6 Å². The van der Waals surface area contributed by atoms with Crippen molar-refractivity contribution in [3.05, 3.63) is 0 Å². The Balaban J connectivity index is 0.00000128. The van der Waals surface area contributed by atoms with Gasteiger partial charge in [-0.05, 0) is 32.2 Å². The van der Waals surface area contributed by atoms with Gasteiger partial charge in [-0.2, -0.15) is 0 Å². The Bertz CT molecular complexity index is 279. The van der Waals surface area contributed by atoms with Gasteiger partial charge in [0.05, 0.1) is 6.04 Å². The van der Waals surface area contributed by atoms with Crippen molar-refractivity contribution in [2.75, 3.05) is 13.1 Å². The second-order valence-corrected chi connectivity index (χ2v) is 4.18. The number of carboxylic acids is 1. The maximum atomic E-state index is 12.0. The van der Waals surface area contributed by atoms with Gasteiger partial charge in [0, 0.05) is 6.54 Å². The number of rotatable bonds is 2. The molecule has 86 valence electrons. The molecule has 2 saturated heterocycles. The molecule has 2 atom stereocenters. The van der Waals surface area contributed by atoms with Gasteiger partial charge in [-0.1, -0.05) is 0 Å². The standard InChI is InChI=1S/C10H16N2O3.Na.H/c13-9(7-3-1-5-11-7)12-6-2-4-8(12)10(14)15;;/h7-8,11H,1-6H2,(H,14,15);;. The summed E-state index contributed by atoms with van der Waals surface area (Å²) in [5.74, 6) is -0.906. The Morgan fingerprint density at radius 3 is 2.56 bits per heavy atom. The molecule has 5 nitrogen and oxygen atoms in total. The summed E-state index contributed by atoms with van der Waals surface area (Å²) in [6.45, 7) is 1.45. The van der Waals surface area contributed by atoms with Crippen LogP contribution >= 0.6 is 0 Å². The van der Waals surface area contributed by atoms with Crippen LogP contribution in [-0.2, 0) is 9.59 Å². The van der Waals surface area contributed by atoms with E-state index in [4.69, 9.17) is 5.11 Å². The summed E-state index contributed by atoms with van der Waals surface area (Å²) in [5, 5.41) is 12.1. The molecule has 0 bridgehead atoms. The van der Waals surface area contributed by atoms with Gasteiger partial charge in [0.2, 0.25) is 5.91 Å². The molecule has 16 heavy (non-hydrogen) atoms. The summed E-state index contributed by atoms with van der Waals surface area (Å²) >= 11 is 0. The van der Waals surface area contributed by atoms with E-state index < -0.39 is 12.0 Å². The summed E-state index contributed by atoms with van der Waals surface area (Å²) in [7, 11) is 0. The molecular formula is C10H17N2NaO3. The van der Waals surface area contributed by atoms with Gasteiger partial charge >= 0.3 is 35.5 Å². The third-order valence-corrected chi connectivity index (χ3v) is 3.18. The van der Waals surface area contributed by atoms with E-state index in [1.165, 1.54) is 4.90 Å². The molecule has 2 rings (SSSR count). The summed E-state index contributed by atoms with van der Waals surface area (Å²) in [6.07, 6.45) is 3.23. The first kappa shape index (κ1) is 14.0. The molecule has 0 saturated carbocycles. The fourth-order valence-corrected chi connectivity index (χ4v) is 2.38. The van der Waals surface area contributed by atoms with Crippen LogP contribution < -0.4 is 5.32 Å². The molecule has 1 amide bonds. The predicted octanol–water partition coefficient (Wildman–Crippen LogP) is -0.834. The van der Waals surface area contributed by atoms with Crippen molar-refractivity contribution in [1.82, 2.24) is 10.2 Å². The number of carbonyl (C=O) groups excluding carboxylic acids is 1. The number of nitrogens with zero attached hydrogens (tertiary/aromatic N) is 1. The minimum atomic E-state index is -0.876. The van der Waals surface area contributed by atoms with E-state index in [0.29, 0.717) is 13.0 Å². The molecule has 0 radical (unpaired) electrons. The monoisotopic (exact) mass is 236 g/mol. The van der Waals surface area contributed by atoms with Crippen LogP contribution in [0.5, 0.6) is 0 Å². The molecule has 6 heteroatoms. The van der Waals surface area contributed by atoms with Crippen molar-refractivity contribution in [2.24, 2.45) is 0 Å². The topological polar surface area (TPSA) is 69.6 Å². The number of likely N-dealkylation sites (tertiary alicyclic amines) is 1. The molecule has 2 fully saturated rings. The Hall–Kier alpha value is -0.100. The molecule has 0 aromatic rings. The summed E-state index contributed by atoms with van der Waals surface area (Å²) in [4.78, 5) is 24.4. The number of hydrogen-bond acceptors (Lipinski definition) is 3. The molecule has 0 aromatic heterocycles. The minimum absolute atomic E-state index is 0. The molecule has 0 aromatic carbocycles. The summed E-state index contributed by atoms with van der Waals surface area (Å²) < 4.78 is 0. The van der Waals surface area contributed by atoms with Gasteiger partial charge in [-0.25, -0.2) is 4.79 Å². The van der Waals surface area contributed by atoms with Crippen LogP contribution in [0.25, 0.3) is 0 Å². The number of nitrogens with one attached hydrogen (secondary N) is 1. The first-order chi connectivity index (χ1) is 7.20. The Morgan fingerprint density at radius 2 is 2.00 bits per heavy atom.